The van der Waals surface area contributed by atoms with Gasteiger partial charge in [0.2, 0.25) is 0 Å². The van der Waals surface area contributed by atoms with Crippen molar-refractivity contribution < 1.29 is 42.7 Å². The summed E-state index contributed by atoms with van der Waals surface area (Å²) < 4.78 is 26.2. The van der Waals surface area contributed by atoms with Gasteiger partial charge in [-0.25, -0.2) is 4.57 Å². The van der Waals surface area contributed by atoms with Gasteiger partial charge in [-0.1, -0.05) is 135 Å². The van der Waals surface area contributed by atoms with Crippen molar-refractivity contribution in [3.63, 3.8) is 0 Å². The third-order valence-electron chi connectivity index (χ3n) is 7.70. The third kappa shape index (κ3) is 33.6. The first-order valence-electron chi connectivity index (χ1n) is 18.1. The van der Waals surface area contributed by atoms with E-state index in [1.54, 1.807) is 12.2 Å². The van der Waals surface area contributed by atoms with Crippen molar-refractivity contribution >= 4 is 25.5 Å². The van der Waals surface area contributed by atoms with E-state index in [9.17, 15) is 18.9 Å². The lowest BCUT2D eigenvalue weighted by Crippen LogP contribution is -2.29. The molecule has 0 aromatic carbocycles. The summed E-state index contributed by atoms with van der Waals surface area (Å²) in [4.78, 5) is 54.3. The molecule has 0 unspecified atom stereocenters. The van der Waals surface area contributed by atoms with E-state index >= 15 is 0 Å². The molecule has 0 radical (unpaired) electrons. The molecule has 0 amide bonds. The topological polar surface area (TPSA) is 136 Å². The van der Waals surface area contributed by atoms with E-state index in [0.717, 1.165) is 64.2 Å². The van der Waals surface area contributed by atoms with Crippen molar-refractivity contribution in [2.24, 2.45) is 0 Å². The van der Waals surface area contributed by atoms with Crippen LogP contribution in [-0.2, 0) is 32.9 Å². The molecule has 9 nitrogen and oxygen atoms in total. The zero-order chi connectivity index (χ0) is 34.1. The molecular formula is C36H65O9P. The normalized spacial score (nSPS) is 12.6. The van der Waals surface area contributed by atoms with Gasteiger partial charge >= 0.3 is 19.8 Å². The predicted molar refractivity (Wildman–Crippen MR) is 184 cm³/mol. The van der Waals surface area contributed by atoms with Crippen molar-refractivity contribution in [3.8, 4) is 0 Å². The summed E-state index contributed by atoms with van der Waals surface area (Å²) in [6, 6.07) is 0. The van der Waals surface area contributed by atoms with Crippen LogP contribution in [0.1, 0.15) is 168 Å². The Morgan fingerprint density at radius 2 is 1.09 bits per heavy atom. The molecule has 268 valence electrons. The number of hydrogen-bond acceptors (Lipinski definition) is 7. The van der Waals surface area contributed by atoms with Gasteiger partial charge in [-0.2, -0.15) is 0 Å². The lowest BCUT2D eigenvalue weighted by atomic mass is 10.0. The fourth-order valence-electron chi connectivity index (χ4n) is 4.94. The van der Waals surface area contributed by atoms with Gasteiger partial charge in [-0.05, 0) is 38.2 Å². The molecule has 46 heavy (non-hydrogen) atoms. The highest BCUT2D eigenvalue weighted by molar-refractivity contribution is 7.46. The van der Waals surface area contributed by atoms with Crippen molar-refractivity contribution in [2.45, 2.75) is 174 Å². The van der Waals surface area contributed by atoms with Crippen molar-refractivity contribution in [1.29, 1.82) is 0 Å². The number of rotatable bonds is 33. The molecule has 0 aliphatic rings. The Kier molecular flexibility index (Phi) is 30.5. The van der Waals surface area contributed by atoms with Gasteiger partial charge in [0, 0.05) is 19.3 Å². The number of hydrogen-bond donors (Lipinski definition) is 2. The molecular weight excluding hydrogens is 607 g/mol. The first-order valence-corrected chi connectivity index (χ1v) is 19.6. The smallest absolute Gasteiger partial charge is 0.462 e. The van der Waals surface area contributed by atoms with E-state index in [0.29, 0.717) is 19.3 Å². The Morgan fingerprint density at radius 1 is 0.609 bits per heavy atom. The summed E-state index contributed by atoms with van der Waals surface area (Å²) >= 11 is 0. The first kappa shape index (κ1) is 44.2. The minimum atomic E-state index is -4.76. The Hall–Kier alpha value is -1.80. The summed E-state index contributed by atoms with van der Waals surface area (Å²) in [6.07, 6.45) is 30.2. The van der Waals surface area contributed by atoms with E-state index in [1.165, 1.54) is 57.8 Å². The number of esters is 2. The van der Waals surface area contributed by atoms with Crippen LogP contribution in [0, 0.1) is 0 Å². The minimum Gasteiger partial charge on any atom is -0.462 e. The van der Waals surface area contributed by atoms with Crippen LogP contribution in [0.2, 0.25) is 0 Å². The van der Waals surface area contributed by atoms with Crippen LogP contribution in [0.5, 0.6) is 0 Å². The summed E-state index contributed by atoms with van der Waals surface area (Å²) in [7, 11) is -4.76. The molecule has 0 bridgehead atoms. The summed E-state index contributed by atoms with van der Waals surface area (Å²) in [6.45, 7) is 3.48. The summed E-state index contributed by atoms with van der Waals surface area (Å²) in [5.41, 5.74) is 0. The molecule has 0 aromatic heterocycles. The SMILES string of the molecule is CCCCCCCCCCCCCCC(=O)OC[C@H](COP(=O)(O)O)OC(=O)CCCCCCC/C=C\C=C\C(=O)CCCCC. The number of unbranched alkanes of at least 4 members (excludes halogenated alkanes) is 18. The molecule has 0 aliphatic carbocycles. The number of phosphoric acid groups is 1. The van der Waals surface area contributed by atoms with Crippen molar-refractivity contribution in [2.75, 3.05) is 13.2 Å². The lowest BCUT2D eigenvalue weighted by molar-refractivity contribution is -0.161. The molecule has 0 rings (SSSR count). The van der Waals surface area contributed by atoms with Crippen LogP contribution in [0.15, 0.2) is 24.3 Å². The molecule has 2 N–H and O–H groups in total. The summed E-state index contributed by atoms with van der Waals surface area (Å²) in [5, 5.41) is 0. The van der Waals surface area contributed by atoms with Gasteiger partial charge in [0.1, 0.15) is 6.61 Å². The maximum Gasteiger partial charge on any atom is 0.469 e. The predicted octanol–water partition coefficient (Wildman–Crippen LogP) is 9.63. The largest absolute Gasteiger partial charge is 0.469 e. The highest BCUT2D eigenvalue weighted by Crippen LogP contribution is 2.36. The second-order valence-corrected chi connectivity index (χ2v) is 13.5. The number of carbonyl (C=O) groups is 3. The second-order valence-electron chi connectivity index (χ2n) is 12.2. The molecule has 0 aromatic rings. The molecule has 0 spiro atoms. The molecule has 0 fully saturated rings. The van der Waals surface area contributed by atoms with Gasteiger partial charge in [0.05, 0.1) is 6.61 Å². The monoisotopic (exact) mass is 672 g/mol. The lowest BCUT2D eigenvalue weighted by Gasteiger charge is -2.18. The first-order chi connectivity index (χ1) is 22.2. The van der Waals surface area contributed by atoms with Crippen LogP contribution in [0.3, 0.4) is 0 Å². The van der Waals surface area contributed by atoms with Gasteiger partial charge in [0.15, 0.2) is 11.9 Å². The fraction of sp³-hybridized carbons (Fsp3) is 0.806. The number of ether oxygens (including phenoxy) is 2. The number of phosphoric ester groups is 1. The number of allylic oxidation sites excluding steroid dienone is 4. The van der Waals surface area contributed by atoms with Crippen molar-refractivity contribution in [3.05, 3.63) is 24.3 Å². The van der Waals surface area contributed by atoms with Crippen molar-refractivity contribution in [1.82, 2.24) is 0 Å². The van der Waals surface area contributed by atoms with Gasteiger partial charge < -0.3 is 19.3 Å². The molecule has 10 heteroatoms. The Balaban J connectivity index is 4.06. The van der Waals surface area contributed by atoms with E-state index < -0.39 is 32.5 Å². The molecule has 1 atom stereocenters. The van der Waals surface area contributed by atoms with Crippen LogP contribution in [0.4, 0.5) is 0 Å². The zero-order valence-electron chi connectivity index (χ0n) is 29.0. The van der Waals surface area contributed by atoms with Gasteiger partial charge in [0.25, 0.3) is 0 Å². The van der Waals surface area contributed by atoms with E-state index in [1.807, 2.05) is 6.08 Å². The number of carbonyl (C=O) groups excluding carboxylic acids is 3. The highest BCUT2D eigenvalue weighted by Gasteiger charge is 2.22. The van der Waals surface area contributed by atoms with Crippen LogP contribution in [-0.4, -0.2) is 46.8 Å². The highest BCUT2D eigenvalue weighted by atomic mass is 31.2. The average Bonchev–Trinajstić information content (AvgIpc) is 3.01. The molecule has 0 heterocycles. The maximum absolute atomic E-state index is 12.3. The van der Waals surface area contributed by atoms with E-state index in [-0.39, 0.29) is 25.2 Å². The van der Waals surface area contributed by atoms with Crippen LogP contribution >= 0.6 is 7.82 Å². The average molecular weight is 673 g/mol. The minimum absolute atomic E-state index is 0.163. The molecule has 0 saturated carbocycles. The zero-order valence-corrected chi connectivity index (χ0v) is 29.9. The maximum atomic E-state index is 12.3. The number of ketones is 1. The Labute approximate surface area is 279 Å². The summed E-state index contributed by atoms with van der Waals surface area (Å²) in [5.74, 6) is -0.773. The fourth-order valence-corrected chi connectivity index (χ4v) is 5.30. The molecule has 0 saturated heterocycles. The molecule has 0 aliphatic heterocycles. The quantitative estimate of drug-likeness (QED) is 0.0229. The van der Waals surface area contributed by atoms with Crippen LogP contribution in [0.25, 0.3) is 0 Å². The Morgan fingerprint density at radius 3 is 1.65 bits per heavy atom. The van der Waals surface area contributed by atoms with Gasteiger partial charge in [-0.3, -0.25) is 18.9 Å². The van der Waals surface area contributed by atoms with E-state index in [4.69, 9.17) is 19.3 Å². The Bertz CT molecular complexity index is 866. The van der Waals surface area contributed by atoms with E-state index in [2.05, 4.69) is 24.4 Å². The standard InChI is InChI=1S/C36H65O9P/c1-3-5-7-8-9-10-11-12-15-18-21-25-29-35(38)43-31-34(32-44-46(40,41)42)45-36(39)30-26-22-19-16-13-14-17-20-24-28-33(37)27-23-6-4-2/h17,20,24,28,34H,3-16,18-19,21-23,25-27,29-32H2,1-2H3,(H2,40,41,42)/b20-17-,28-24+/t34-/m1/s1. The second kappa shape index (κ2) is 31.8. The van der Waals surface area contributed by atoms with Gasteiger partial charge in [-0.15, -0.1) is 0 Å². The van der Waals surface area contributed by atoms with Crippen LogP contribution < -0.4 is 0 Å². The third-order valence-corrected chi connectivity index (χ3v) is 8.18.